The normalized spacial score (nSPS) is 21.1. The van der Waals surface area contributed by atoms with E-state index in [9.17, 15) is 18.0 Å². The van der Waals surface area contributed by atoms with Crippen LogP contribution in [0.25, 0.3) is 0 Å². The van der Waals surface area contributed by atoms with E-state index in [4.69, 9.17) is 4.74 Å². The summed E-state index contributed by atoms with van der Waals surface area (Å²) in [7, 11) is 0. The van der Waals surface area contributed by atoms with E-state index >= 15 is 0 Å². The summed E-state index contributed by atoms with van der Waals surface area (Å²) in [6, 6.07) is -0.753. The molecule has 0 aliphatic carbocycles. The summed E-state index contributed by atoms with van der Waals surface area (Å²) in [4.78, 5) is 11.8. The molecule has 1 atom stereocenters. The first-order valence-corrected chi connectivity index (χ1v) is 6.12. The Bertz CT molecular complexity index is 494. The molecule has 2 heterocycles. The van der Waals surface area contributed by atoms with Gasteiger partial charge in [-0.3, -0.25) is 4.68 Å². The van der Waals surface area contributed by atoms with Crippen LogP contribution >= 0.6 is 0 Å². The van der Waals surface area contributed by atoms with Crippen LogP contribution in [-0.4, -0.2) is 22.4 Å². The molecule has 0 N–H and O–H groups in total. The van der Waals surface area contributed by atoms with Gasteiger partial charge < -0.3 is 4.74 Å². The Labute approximate surface area is 108 Å². The van der Waals surface area contributed by atoms with E-state index in [2.05, 4.69) is 5.10 Å². The van der Waals surface area contributed by atoms with E-state index in [0.717, 1.165) is 17.5 Å². The second-order valence-electron chi connectivity index (χ2n) is 4.68. The van der Waals surface area contributed by atoms with Crippen molar-refractivity contribution in [2.45, 2.75) is 45.3 Å². The van der Waals surface area contributed by atoms with Gasteiger partial charge in [-0.05, 0) is 33.1 Å². The van der Waals surface area contributed by atoms with E-state index < -0.39 is 23.9 Å². The van der Waals surface area contributed by atoms with Crippen molar-refractivity contribution in [3.63, 3.8) is 0 Å². The highest BCUT2D eigenvalue weighted by atomic mass is 19.4. The molecule has 1 aliphatic rings. The number of hydrogen-bond acceptors (Lipinski definition) is 3. The molecule has 2 rings (SSSR count). The number of esters is 1. The maximum Gasteiger partial charge on any atom is 0.435 e. The Balaban J connectivity index is 2.42. The van der Waals surface area contributed by atoms with Crippen molar-refractivity contribution in [3.8, 4) is 0 Å². The number of rotatable bonds is 1. The fraction of sp³-hybridized carbons (Fsp3) is 0.667. The highest BCUT2D eigenvalue weighted by molar-refractivity contribution is 5.74. The van der Waals surface area contributed by atoms with Gasteiger partial charge in [0.25, 0.3) is 0 Å². The van der Waals surface area contributed by atoms with Gasteiger partial charge in [-0.15, -0.1) is 0 Å². The Morgan fingerprint density at radius 2 is 2.00 bits per heavy atom. The van der Waals surface area contributed by atoms with Crippen LogP contribution in [0.3, 0.4) is 0 Å². The molecule has 1 aromatic heterocycles. The SMILES string of the molecule is Cc1c(C(F)(F)F)nn(C2CCCCOC2=O)c1C. The van der Waals surface area contributed by atoms with E-state index in [-0.39, 0.29) is 5.56 Å². The summed E-state index contributed by atoms with van der Waals surface area (Å²) < 4.78 is 44.5. The third-order valence-electron chi connectivity index (χ3n) is 3.40. The standard InChI is InChI=1S/C12H15F3N2O2/c1-7-8(2)17(16-10(7)12(13,14)15)9-5-3-4-6-19-11(9)18/h9H,3-6H2,1-2H3. The summed E-state index contributed by atoms with van der Waals surface area (Å²) >= 11 is 0. The molecule has 7 heteroatoms. The first-order valence-electron chi connectivity index (χ1n) is 6.12. The third kappa shape index (κ3) is 2.59. The van der Waals surface area contributed by atoms with Gasteiger partial charge in [0, 0.05) is 11.3 Å². The van der Waals surface area contributed by atoms with Crippen LogP contribution in [0.1, 0.15) is 42.3 Å². The van der Waals surface area contributed by atoms with E-state index in [1.165, 1.54) is 13.8 Å². The fourth-order valence-corrected chi connectivity index (χ4v) is 2.22. The van der Waals surface area contributed by atoms with Crippen molar-refractivity contribution in [1.29, 1.82) is 0 Å². The quantitative estimate of drug-likeness (QED) is 0.741. The molecular formula is C12H15F3N2O2. The Kier molecular flexibility index (Phi) is 3.56. The molecule has 1 aliphatic heterocycles. The largest absolute Gasteiger partial charge is 0.464 e. The van der Waals surface area contributed by atoms with Crippen LogP contribution in [0, 0.1) is 13.8 Å². The molecule has 0 aromatic carbocycles. The topological polar surface area (TPSA) is 44.1 Å². The first-order chi connectivity index (χ1) is 8.82. The van der Waals surface area contributed by atoms with Gasteiger partial charge >= 0.3 is 12.1 Å². The van der Waals surface area contributed by atoms with Crippen LogP contribution in [-0.2, 0) is 15.7 Å². The third-order valence-corrected chi connectivity index (χ3v) is 3.40. The van der Waals surface area contributed by atoms with Crippen molar-refractivity contribution in [2.24, 2.45) is 0 Å². The van der Waals surface area contributed by atoms with Crippen molar-refractivity contribution in [3.05, 3.63) is 17.0 Å². The van der Waals surface area contributed by atoms with E-state index in [0.29, 0.717) is 18.7 Å². The highest BCUT2D eigenvalue weighted by Crippen LogP contribution is 2.34. The predicted octanol–water partition coefficient (Wildman–Crippen LogP) is 2.79. The molecule has 0 spiro atoms. The van der Waals surface area contributed by atoms with Crippen LogP contribution < -0.4 is 0 Å². The van der Waals surface area contributed by atoms with Gasteiger partial charge in [0.05, 0.1) is 6.61 Å². The van der Waals surface area contributed by atoms with Gasteiger partial charge in [-0.2, -0.15) is 18.3 Å². The summed E-state index contributed by atoms with van der Waals surface area (Å²) in [5.41, 5.74) is -0.511. The smallest absolute Gasteiger partial charge is 0.435 e. The lowest BCUT2D eigenvalue weighted by atomic mass is 10.1. The highest BCUT2D eigenvalue weighted by Gasteiger charge is 2.39. The average Bonchev–Trinajstić information content (AvgIpc) is 2.50. The van der Waals surface area contributed by atoms with Crippen LogP contribution in [0.4, 0.5) is 13.2 Å². The molecular weight excluding hydrogens is 261 g/mol. The average molecular weight is 276 g/mol. The second kappa shape index (κ2) is 4.86. The lowest BCUT2D eigenvalue weighted by Crippen LogP contribution is -2.23. The lowest BCUT2D eigenvalue weighted by Gasteiger charge is -2.14. The Morgan fingerprint density at radius 1 is 1.32 bits per heavy atom. The number of alkyl halides is 3. The molecule has 1 unspecified atom stereocenters. The molecule has 1 saturated heterocycles. The number of halogens is 3. The molecule has 0 radical (unpaired) electrons. The van der Waals surface area contributed by atoms with Gasteiger partial charge in [-0.1, -0.05) is 0 Å². The lowest BCUT2D eigenvalue weighted by molar-refractivity contribution is -0.148. The van der Waals surface area contributed by atoms with Crippen molar-refractivity contribution in [1.82, 2.24) is 9.78 Å². The number of hydrogen-bond donors (Lipinski definition) is 0. The number of ether oxygens (including phenoxy) is 1. The number of cyclic esters (lactones) is 1. The molecule has 0 bridgehead atoms. The number of aromatic nitrogens is 2. The minimum Gasteiger partial charge on any atom is -0.464 e. The molecule has 1 fully saturated rings. The zero-order chi connectivity index (χ0) is 14.2. The number of carbonyl (C=O) groups excluding carboxylic acids is 1. The molecule has 0 amide bonds. The van der Waals surface area contributed by atoms with Crippen molar-refractivity contribution >= 4 is 5.97 Å². The molecule has 0 saturated carbocycles. The van der Waals surface area contributed by atoms with E-state index in [1.807, 2.05) is 0 Å². The Morgan fingerprint density at radius 3 is 2.58 bits per heavy atom. The predicted molar refractivity (Wildman–Crippen MR) is 60.6 cm³/mol. The molecule has 4 nitrogen and oxygen atoms in total. The minimum absolute atomic E-state index is 0.0598. The van der Waals surface area contributed by atoms with E-state index in [1.54, 1.807) is 0 Å². The van der Waals surface area contributed by atoms with Crippen LogP contribution in [0.5, 0.6) is 0 Å². The minimum atomic E-state index is -4.51. The van der Waals surface area contributed by atoms with Crippen LogP contribution in [0.15, 0.2) is 0 Å². The maximum atomic E-state index is 12.8. The number of carbonyl (C=O) groups is 1. The van der Waals surface area contributed by atoms with Gasteiger partial charge in [0.1, 0.15) is 6.04 Å². The fourth-order valence-electron chi connectivity index (χ4n) is 2.22. The zero-order valence-electron chi connectivity index (χ0n) is 10.8. The number of nitrogens with zero attached hydrogens (tertiary/aromatic N) is 2. The summed E-state index contributed by atoms with van der Waals surface area (Å²) in [5, 5.41) is 3.59. The first kappa shape index (κ1) is 13.9. The molecule has 1 aromatic rings. The van der Waals surface area contributed by atoms with Gasteiger partial charge in [-0.25, -0.2) is 4.79 Å². The van der Waals surface area contributed by atoms with Crippen molar-refractivity contribution in [2.75, 3.05) is 6.61 Å². The van der Waals surface area contributed by atoms with Crippen LogP contribution in [0.2, 0.25) is 0 Å². The molecule has 106 valence electrons. The second-order valence-corrected chi connectivity index (χ2v) is 4.68. The zero-order valence-corrected chi connectivity index (χ0v) is 10.8. The molecule has 19 heavy (non-hydrogen) atoms. The van der Waals surface area contributed by atoms with Gasteiger partial charge in [0.15, 0.2) is 5.69 Å². The van der Waals surface area contributed by atoms with Crippen molar-refractivity contribution < 1.29 is 22.7 Å². The maximum absolute atomic E-state index is 12.8. The van der Waals surface area contributed by atoms with Gasteiger partial charge in [0.2, 0.25) is 0 Å². The summed E-state index contributed by atoms with van der Waals surface area (Å²) in [5.74, 6) is -0.503. The summed E-state index contributed by atoms with van der Waals surface area (Å²) in [6.45, 7) is 3.22. The summed E-state index contributed by atoms with van der Waals surface area (Å²) in [6.07, 6.45) is -2.59. The Hall–Kier alpha value is -1.53. The monoisotopic (exact) mass is 276 g/mol.